The van der Waals surface area contributed by atoms with Crippen LogP contribution < -0.4 is 10.5 Å². The summed E-state index contributed by atoms with van der Waals surface area (Å²) in [6.07, 6.45) is 5.07. The Morgan fingerprint density at radius 2 is 2.05 bits per heavy atom. The molecule has 2 unspecified atom stereocenters. The van der Waals surface area contributed by atoms with Crippen molar-refractivity contribution in [1.29, 1.82) is 0 Å². The van der Waals surface area contributed by atoms with Crippen molar-refractivity contribution < 1.29 is 13.2 Å². The molecule has 1 aliphatic heterocycles. The van der Waals surface area contributed by atoms with Crippen LogP contribution >= 0.6 is 0 Å². The Morgan fingerprint density at radius 1 is 1.40 bits per heavy atom. The molecule has 0 bridgehead atoms. The smallest absolute Gasteiger partial charge is 0.242 e. The van der Waals surface area contributed by atoms with Crippen LogP contribution in [0, 0.1) is 11.8 Å². The van der Waals surface area contributed by atoms with Crippen LogP contribution in [0.2, 0.25) is 0 Å². The highest BCUT2D eigenvalue weighted by Gasteiger charge is 2.46. The number of rotatable bonds is 5. The van der Waals surface area contributed by atoms with Crippen molar-refractivity contribution in [2.24, 2.45) is 17.6 Å². The summed E-state index contributed by atoms with van der Waals surface area (Å²) in [5.74, 6) is 0.506. The lowest BCUT2D eigenvalue weighted by Crippen LogP contribution is -2.57. The van der Waals surface area contributed by atoms with Gasteiger partial charge < -0.3 is 10.6 Å². The summed E-state index contributed by atoms with van der Waals surface area (Å²) in [6, 6.07) is 0. The standard InChI is InChI=1S/C13H25N3O3S/c1-13(14,11-5-6-11)12(17)16-7-3-4-10(9-16)8-15-20(2,18)19/h10-11,15H,3-9,14H2,1-2H3. The number of sulfonamides is 1. The van der Waals surface area contributed by atoms with E-state index in [0.717, 1.165) is 38.5 Å². The van der Waals surface area contributed by atoms with Crippen LogP contribution in [-0.4, -0.2) is 50.7 Å². The normalized spacial score (nSPS) is 27.1. The van der Waals surface area contributed by atoms with E-state index in [1.54, 1.807) is 0 Å². The van der Waals surface area contributed by atoms with E-state index >= 15 is 0 Å². The summed E-state index contributed by atoms with van der Waals surface area (Å²) < 4.78 is 24.8. The van der Waals surface area contributed by atoms with Gasteiger partial charge in [0.1, 0.15) is 0 Å². The fourth-order valence-electron chi connectivity index (χ4n) is 2.88. The molecule has 2 fully saturated rings. The molecule has 0 radical (unpaired) electrons. The minimum Gasteiger partial charge on any atom is -0.341 e. The molecule has 1 heterocycles. The summed E-state index contributed by atoms with van der Waals surface area (Å²) >= 11 is 0. The highest BCUT2D eigenvalue weighted by molar-refractivity contribution is 7.88. The van der Waals surface area contributed by atoms with Gasteiger partial charge in [-0.1, -0.05) is 0 Å². The Hall–Kier alpha value is -0.660. The monoisotopic (exact) mass is 303 g/mol. The minimum atomic E-state index is -3.17. The molecule has 0 aromatic heterocycles. The van der Waals surface area contributed by atoms with Crippen molar-refractivity contribution in [1.82, 2.24) is 9.62 Å². The molecule has 2 aliphatic rings. The van der Waals surface area contributed by atoms with Gasteiger partial charge in [0.05, 0.1) is 11.8 Å². The maximum atomic E-state index is 12.5. The van der Waals surface area contributed by atoms with E-state index in [4.69, 9.17) is 5.73 Å². The predicted octanol–water partition coefficient (Wildman–Crippen LogP) is -0.0984. The Balaban J connectivity index is 1.91. The number of hydrogen-bond donors (Lipinski definition) is 2. The number of nitrogens with two attached hydrogens (primary N) is 1. The molecular formula is C13H25N3O3S. The molecule has 1 saturated carbocycles. The number of carbonyl (C=O) groups is 1. The zero-order chi connectivity index (χ0) is 15.0. The van der Waals surface area contributed by atoms with Gasteiger partial charge >= 0.3 is 0 Å². The second-order valence-electron chi connectivity index (χ2n) is 6.44. The molecular weight excluding hydrogens is 278 g/mol. The van der Waals surface area contributed by atoms with Crippen LogP contribution in [0.5, 0.6) is 0 Å². The first-order valence-electron chi connectivity index (χ1n) is 7.23. The van der Waals surface area contributed by atoms with Crippen LogP contribution in [0.25, 0.3) is 0 Å². The molecule has 0 spiro atoms. The number of nitrogens with one attached hydrogen (secondary N) is 1. The number of hydrogen-bond acceptors (Lipinski definition) is 4. The molecule has 20 heavy (non-hydrogen) atoms. The van der Waals surface area contributed by atoms with Gasteiger partial charge in [-0.3, -0.25) is 4.79 Å². The SMILES string of the molecule is CC(N)(C(=O)N1CCCC(CNS(C)(=O)=O)C1)C1CC1. The van der Waals surface area contributed by atoms with E-state index in [9.17, 15) is 13.2 Å². The zero-order valence-corrected chi connectivity index (χ0v) is 13.1. The third kappa shape index (κ3) is 3.93. The summed E-state index contributed by atoms with van der Waals surface area (Å²) in [5, 5.41) is 0. The van der Waals surface area contributed by atoms with E-state index in [1.807, 2.05) is 11.8 Å². The number of amides is 1. The summed E-state index contributed by atoms with van der Waals surface area (Å²) in [4.78, 5) is 14.3. The summed E-state index contributed by atoms with van der Waals surface area (Å²) in [6.45, 7) is 3.55. The highest BCUT2D eigenvalue weighted by atomic mass is 32.2. The highest BCUT2D eigenvalue weighted by Crippen LogP contribution is 2.39. The number of nitrogens with zero attached hydrogens (tertiary/aromatic N) is 1. The molecule has 1 amide bonds. The van der Waals surface area contributed by atoms with Crippen molar-refractivity contribution in [3.05, 3.63) is 0 Å². The van der Waals surface area contributed by atoms with Gasteiger partial charge in [-0.05, 0) is 44.4 Å². The number of piperidine rings is 1. The topological polar surface area (TPSA) is 92.5 Å². The molecule has 0 aromatic rings. The summed E-state index contributed by atoms with van der Waals surface area (Å²) in [7, 11) is -3.17. The van der Waals surface area contributed by atoms with Gasteiger partial charge in [0.2, 0.25) is 15.9 Å². The van der Waals surface area contributed by atoms with Crippen LogP contribution in [0.1, 0.15) is 32.6 Å². The molecule has 116 valence electrons. The lowest BCUT2D eigenvalue weighted by molar-refractivity contribution is -0.139. The maximum absolute atomic E-state index is 12.5. The quantitative estimate of drug-likeness (QED) is 0.742. The van der Waals surface area contributed by atoms with E-state index in [2.05, 4.69) is 4.72 Å². The van der Waals surface area contributed by atoms with Gasteiger partial charge in [-0.15, -0.1) is 0 Å². The Kier molecular flexibility index (Phi) is 4.41. The second-order valence-corrected chi connectivity index (χ2v) is 8.27. The van der Waals surface area contributed by atoms with Crippen LogP contribution in [0.3, 0.4) is 0 Å². The third-order valence-electron chi connectivity index (χ3n) is 4.33. The van der Waals surface area contributed by atoms with Crippen molar-refractivity contribution in [2.45, 2.75) is 38.1 Å². The van der Waals surface area contributed by atoms with Crippen molar-refractivity contribution in [3.63, 3.8) is 0 Å². The maximum Gasteiger partial charge on any atom is 0.242 e. The van der Waals surface area contributed by atoms with Gasteiger partial charge in [0, 0.05) is 19.6 Å². The predicted molar refractivity (Wildman–Crippen MR) is 77.5 cm³/mol. The Bertz CT molecular complexity index is 471. The zero-order valence-electron chi connectivity index (χ0n) is 12.3. The van der Waals surface area contributed by atoms with Gasteiger partial charge in [0.25, 0.3) is 0 Å². The molecule has 7 heteroatoms. The van der Waals surface area contributed by atoms with E-state index < -0.39 is 15.6 Å². The largest absolute Gasteiger partial charge is 0.341 e. The molecule has 0 aromatic carbocycles. The van der Waals surface area contributed by atoms with Crippen LogP contribution in [0.15, 0.2) is 0 Å². The lowest BCUT2D eigenvalue weighted by atomic mass is 9.92. The minimum absolute atomic E-state index is 0.0176. The average molecular weight is 303 g/mol. The Labute approximate surface area is 121 Å². The second kappa shape index (κ2) is 5.61. The first-order chi connectivity index (χ1) is 9.20. The molecule has 3 N–H and O–H groups in total. The number of likely N-dealkylation sites (tertiary alicyclic amines) is 1. The van der Waals surface area contributed by atoms with Gasteiger partial charge in [-0.25, -0.2) is 13.1 Å². The first-order valence-corrected chi connectivity index (χ1v) is 9.12. The van der Waals surface area contributed by atoms with Crippen molar-refractivity contribution in [2.75, 3.05) is 25.9 Å². The third-order valence-corrected chi connectivity index (χ3v) is 5.02. The Morgan fingerprint density at radius 3 is 2.60 bits per heavy atom. The molecule has 2 atom stereocenters. The summed E-state index contributed by atoms with van der Waals surface area (Å²) in [5.41, 5.74) is 5.42. The molecule has 1 aliphatic carbocycles. The fraction of sp³-hybridized carbons (Fsp3) is 0.923. The fourth-order valence-corrected chi connectivity index (χ4v) is 3.42. The average Bonchev–Trinajstić information content (AvgIpc) is 3.19. The van der Waals surface area contributed by atoms with Crippen LogP contribution in [-0.2, 0) is 14.8 Å². The molecule has 6 nitrogen and oxygen atoms in total. The van der Waals surface area contributed by atoms with Crippen LogP contribution in [0.4, 0.5) is 0 Å². The molecule has 2 rings (SSSR count). The van der Waals surface area contributed by atoms with Crippen molar-refractivity contribution in [3.8, 4) is 0 Å². The van der Waals surface area contributed by atoms with Gasteiger partial charge in [-0.2, -0.15) is 0 Å². The first kappa shape index (κ1) is 15.7. The van der Waals surface area contributed by atoms with E-state index in [-0.39, 0.29) is 11.8 Å². The van der Waals surface area contributed by atoms with Crippen molar-refractivity contribution >= 4 is 15.9 Å². The van der Waals surface area contributed by atoms with E-state index in [1.165, 1.54) is 0 Å². The lowest BCUT2D eigenvalue weighted by Gasteiger charge is -2.37. The van der Waals surface area contributed by atoms with E-state index in [0.29, 0.717) is 19.0 Å². The van der Waals surface area contributed by atoms with Gasteiger partial charge in [0.15, 0.2) is 0 Å². The molecule has 1 saturated heterocycles. The number of carbonyl (C=O) groups excluding carboxylic acids is 1.